The van der Waals surface area contributed by atoms with Gasteiger partial charge in [0.15, 0.2) is 6.10 Å². The van der Waals surface area contributed by atoms with E-state index in [1.54, 1.807) is 0 Å². The SMILES string of the molecule is NC(COP(=O)(O)OCC(COC(=O)CCCCCCCC(F)(F)C(F)(F)C(F)(F)C(F)(F)C(F)(F)F)OC(=O)CCCCCCCC(F)(F)C(F)(F)C(F)(F)C(F)(F)C(F)(F)F)C(=O)O. The topological polar surface area (TPSA) is 172 Å². The number of nitrogens with two attached hydrogens (primary N) is 1. The van der Waals surface area contributed by atoms with E-state index in [4.69, 9.17) is 20.3 Å². The summed E-state index contributed by atoms with van der Waals surface area (Å²) in [5.41, 5.74) is 5.11. The fourth-order valence-corrected chi connectivity index (χ4v) is 5.67. The fourth-order valence-electron chi connectivity index (χ4n) is 4.90. The van der Waals surface area contributed by atoms with Crippen LogP contribution in [0.1, 0.15) is 89.9 Å². The Labute approximate surface area is 357 Å². The number of carbonyl (C=O) groups excluding carboxylic acids is 2. The normalized spacial score (nSPS) is 16.1. The van der Waals surface area contributed by atoms with E-state index < -0.39 is 169 Å². The van der Waals surface area contributed by atoms with E-state index >= 15 is 0 Å². The molecule has 4 N–H and O–H groups in total. The lowest BCUT2D eigenvalue weighted by Crippen LogP contribution is -2.66. The molecule has 66 heavy (non-hydrogen) atoms. The Morgan fingerprint density at radius 2 is 0.803 bits per heavy atom. The van der Waals surface area contributed by atoms with Crippen molar-refractivity contribution in [3.05, 3.63) is 0 Å². The fraction of sp³-hybridized carbons (Fsp3) is 0.906. The molecule has 0 radical (unpaired) electrons. The first-order chi connectivity index (χ1) is 29.4. The molecule has 0 fully saturated rings. The van der Waals surface area contributed by atoms with E-state index in [0.29, 0.717) is 0 Å². The van der Waals surface area contributed by atoms with Crippen molar-refractivity contribution < 1.29 is 144 Å². The maximum Gasteiger partial charge on any atom is 0.472 e. The van der Waals surface area contributed by atoms with Crippen LogP contribution in [0, 0.1) is 0 Å². The van der Waals surface area contributed by atoms with Crippen molar-refractivity contribution in [1.82, 2.24) is 0 Å². The lowest BCUT2D eigenvalue weighted by molar-refractivity contribution is -0.422. The van der Waals surface area contributed by atoms with Crippen LogP contribution in [-0.2, 0) is 37.5 Å². The second kappa shape index (κ2) is 23.5. The number of aliphatic carboxylic acids is 1. The van der Waals surface area contributed by atoms with Crippen molar-refractivity contribution in [3.63, 3.8) is 0 Å². The first kappa shape index (κ1) is 62.9. The van der Waals surface area contributed by atoms with Gasteiger partial charge in [-0.2, -0.15) is 96.6 Å². The third kappa shape index (κ3) is 16.3. The average molecular weight is 1050 g/mol. The van der Waals surface area contributed by atoms with Crippen LogP contribution in [0.5, 0.6) is 0 Å². The summed E-state index contributed by atoms with van der Waals surface area (Å²) in [6.07, 6.45) is -26.9. The first-order valence-corrected chi connectivity index (χ1v) is 20.0. The molecule has 3 atom stereocenters. The Kier molecular flexibility index (Phi) is 22.4. The molecule has 0 heterocycles. The zero-order chi connectivity index (χ0) is 52.2. The predicted molar refractivity (Wildman–Crippen MR) is 175 cm³/mol. The summed E-state index contributed by atoms with van der Waals surface area (Å²) in [4.78, 5) is 45.1. The number of carboxylic acids is 1. The van der Waals surface area contributed by atoms with E-state index in [0.717, 1.165) is 0 Å². The standard InChI is InChI=1S/C32H40F22NO10P/c33-23(34,25(37,38)27(41,42)29(45,46)31(49,50)51)13-9-5-1-3-7-11-20(56)62-15-18(16-63-66(60,61)64-17-19(55)22(58)59)65-21(57)12-8-4-2-6-10-14-24(35,36)26(39,40)28(43,44)30(47,48)32(52,53)54/h18-19H,1-17,55H2,(H,58,59)(H,60,61). The number of phosphoric ester groups is 1. The summed E-state index contributed by atoms with van der Waals surface area (Å²) in [7, 11) is -5.20. The smallest absolute Gasteiger partial charge is 0.472 e. The number of esters is 2. The largest absolute Gasteiger partial charge is 0.480 e. The molecular weight excluding hydrogens is 1010 g/mol. The lowest BCUT2D eigenvalue weighted by atomic mass is 9.94. The van der Waals surface area contributed by atoms with Gasteiger partial charge in [0, 0.05) is 25.7 Å². The Balaban J connectivity index is 5.21. The zero-order valence-electron chi connectivity index (χ0n) is 33.2. The van der Waals surface area contributed by atoms with Gasteiger partial charge in [0.05, 0.1) is 13.2 Å². The van der Waals surface area contributed by atoms with Crippen LogP contribution in [0.3, 0.4) is 0 Å². The highest BCUT2D eigenvalue weighted by molar-refractivity contribution is 7.47. The van der Waals surface area contributed by atoms with Gasteiger partial charge in [-0.3, -0.25) is 23.4 Å². The van der Waals surface area contributed by atoms with Crippen LogP contribution in [-0.4, -0.2) is 120 Å². The Morgan fingerprint density at radius 1 is 0.470 bits per heavy atom. The number of carbonyl (C=O) groups is 3. The van der Waals surface area contributed by atoms with Crippen molar-refractivity contribution in [2.75, 3.05) is 19.8 Å². The van der Waals surface area contributed by atoms with E-state index in [1.807, 2.05) is 0 Å². The minimum atomic E-state index is -7.57. The van der Waals surface area contributed by atoms with Crippen molar-refractivity contribution in [3.8, 4) is 0 Å². The summed E-state index contributed by atoms with van der Waals surface area (Å²) in [5.74, 6) is -60.8. The third-order valence-corrected chi connectivity index (χ3v) is 9.79. The molecule has 0 aromatic rings. The monoisotopic (exact) mass is 1050 g/mol. The molecule has 0 aromatic carbocycles. The molecule has 392 valence electrons. The number of alkyl halides is 22. The zero-order valence-corrected chi connectivity index (χ0v) is 34.1. The predicted octanol–water partition coefficient (Wildman–Crippen LogP) is 10.7. The maximum absolute atomic E-state index is 13.8. The van der Waals surface area contributed by atoms with Gasteiger partial charge in [0.25, 0.3) is 0 Å². The van der Waals surface area contributed by atoms with Gasteiger partial charge in [-0.1, -0.05) is 38.5 Å². The van der Waals surface area contributed by atoms with E-state index in [2.05, 4.69) is 9.05 Å². The molecule has 0 amide bonds. The van der Waals surface area contributed by atoms with E-state index in [-0.39, 0.29) is 38.5 Å². The van der Waals surface area contributed by atoms with E-state index in [1.165, 1.54) is 0 Å². The number of halogens is 22. The van der Waals surface area contributed by atoms with Gasteiger partial charge in [0.1, 0.15) is 12.6 Å². The van der Waals surface area contributed by atoms with Crippen LogP contribution in [0.4, 0.5) is 96.6 Å². The van der Waals surface area contributed by atoms with E-state index in [9.17, 15) is 120 Å². The Morgan fingerprint density at radius 3 is 1.17 bits per heavy atom. The summed E-state index contributed by atoms with van der Waals surface area (Å²) in [6.45, 7) is -3.28. The quantitative estimate of drug-likeness (QED) is 0.0253. The summed E-state index contributed by atoms with van der Waals surface area (Å²) >= 11 is 0. The molecule has 11 nitrogen and oxygen atoms in total. The first-order valence-electron chi connectivity index (χ1n) is 18.5. The van der Waals surface area contributed by atoms with Crippen LogP contribution >= 0.6 is 7.82 Å². The molecule has 3 unspecified atom stereocenters. The van der Waals surface area contributed by atoms with Crippen LogP contribution < -0.4 is 5.73 Å². The Bertz CT molecular complexity index is 1610. The van der Waals surface area contributed by atoms with Gasteiger partial charge in [-0.15, -0.1) is 0 Å². The molecule has 0 saturated carbocycles. The number of hydrogen-bond donors (Lipinski definition) is 3. The minimum Gasteiger partial charge on any atom is -0.480 e. The second-order valence-electron chi connectivity index (χ2n) is 14.2. The average Bonchev–Trinajstić information content (AvgIpc) is 3.15. The maximum atomic E-state index is 13.8. The van der Waals surface area contributed by atoms with Crippen molar-refractivity contribution in [1.29, 1.82) is 0 Å². The summed E-state index contributed by atoms with van der Waals surface area (Å²) in [6, 6.07) is -1.85. The number of rotatable bonds is 32. The van der Waals surface area contributed by atoms with Gasteiger partial charge in [-0.05, 0) is 25.7 Å². The Hall–Kier alpha value is -3.06. The van der Waals surface area contributed by atoms with Gasteiger partial charge in [0.2, 0.25) is 0 Å². The number of ether oxygens (including phenoxy) is 2. The highest BCUT2D eigenvalue weighted by Crippen LogP contribution is 2.59. The number of phosphoric acid groups is 1. The molecule has 0 aliphatic carbocycles. The minimum absolute atomic E-state index is 0.143. The number of hydrogen-bond acceptors (Lipinski definition) is 9. The van der Waals surface area contributed by atoms with Gasteiger partial charge < -0.3 is 25.2 Å². The molecule has 0 aromatic heterocycles. The van der Waals surface area contributed by atoms with Crippen LogP contribution in [0.2, 0.25) is 0 Å². The molecule has 0 saturated heterocycles. The van der Waals surface area contributed by atoms with Crippen LogP contribution in [0.15, 0.2) is 0 Å². The highest BCUT2D eigenvalue weighted by atomic mass is 31.2. The molecule has 0 aliphatic rings. The lowest BCUT2D eigenvalue weighted by Gasteiger charge is -2.37. The van der Waals surface area contributed by atoms with Gasteiger partial charge >= 0.3 is 85.5 Å². The van der Waals surface area contributed by atoms with Gasteiger partial charge in [-0.25, -0.2) is 4.57 Å². The second-order valence-corrected chi connectivity index (χ2v) is 15.6. The van der Waals surface area contributed by atoms with Crippen molar-refractivity contribution in [2.24, 2.45) is 5.73 Å². The van der Waals surface area contributed by atoms with Crippen molar-refractivity contribution in [2.45, 2.75) is 162 Å². The number of carboxylic acid groups (broad SMARTS) is 1. The molecule has 0 rings (SSSR count). The number of unbranched alkanes of at least 4 members (excludes halogenated alkanes) is 8. The molecular formula is C32H40F22NO10P. The molecule has 0 aliphatic heterocycles. The summed E-state index contributed by atoms with van der Waals surface area (Å²) in [5, 5.41) is 8.74. The molecule has 0 bridgehead atoms. The third-order valence-electron chi connectivity index (χ3n) is 8.84. The highest BCUT2D eigenvalue weighted by Gasteiger charge is 2.88. The van der Waals surface area contributed by atoms with Crippen molar-refractivity contribution >= 4 is 25.7 Å². The van der Waals surface area contributed by atoms with Crippen LogP contribution in [0.25, 0.3) is 0 Å². The molecule has 0 spiro atoms. The summed E-state index contributed by atoms with van der Waals surface area (Å²) < 4.78 is 319. The molecule has 34 heteroatoms.